The van der Waals surface area contributed by atoms with Gasteiger partial charge in [0.2, 0.25) is 5.91 Å². The molecule has 4 nitrogen and oxygen atoms in total. The van der Waals surface area contributed by atoms with Crippen LogP contribution in [-0.4, -0.2) is 19.0 Å². The minimum absolute atomic E-state index is 0.00288. The second kappa shape index (κ2) is 5.85. The maximum Gasteiger partial charge on any atom is 0.227 e. The summed E-state index contributed by atoms with van der Waals surface area (Å²) in [6.07, 6.45) is 1.69. The molecule has 1 aliphatic heterocycles. The minimum atomic E-state index is 0.00288. The number of amides is 1. The van der Waals surface area contributed by atoms with Crippen molar-refractivity contribution in [2.45, 2.75) is 12.8 Å². The number of hydrogen-bond donors (Lipinski definition) is 2. The van der Waals surface area contributed by atoms with Crippen molar-refractivity contribution in [3.8, 4) is 6.07 Å². The average molecular weight is 264 g/mol. The van der Waals surface area contributed by atoms with E-state index in [0.717, 1.165) is 25.9 Å². The van der Waals surface area contributed by atoms with E-state index in [1.54, 1.807) is 18.2 Å². The molecule has 0 radical (unpaired) electrons. The number of hydrogen-bond acceptors (Lipinski definition) is 3. The summed E-state index contributed by atoms with van der Waals surface area (Å²) in [5, 5.41) is 15.2. The Morgan fingerprint density at radius 1 is 1.44 bits per heavy atom. The van der Waals surface area contributed by atoms with Gasteiger partial charge in [0.25, 0.3) is 0 Å². The van der Waals surface area contributed by atoms with Gasteiger partial charge in [-0.15, -0.1) is 0 Å². The smallest absolute Gasteiger partial charge is 0.227 e. The fourth-order valence-electron chi connectivity index (χ4n) is 2.00. The minimum Gasteiger partial charge on any atom is -0.325 e. The van der Waals surface area contributed by atoms with Gasteiger partial charge in [-0.05, 0) is 44.1 Å². The number of carbonyl (C=O) groups excluding carboxylic acids is 1. The monoisotopic (exact) mass is 263 g/mol. The van der Waals surface area contributed by atoms with E-state index in [0.29, 0.717) is 16.3 Å². The third-order valence-corrected chi connectivity index (χ3v) is 3.38. The van der Waals surface area contributed by atoms with Crippen molar-refractivity contribution in [1.29, 1.82) is 5.26 Å². The first kappa shape index (κ1) is 12.9. The van der Waals surface area contributed by atoms with E-state index in [1.165, 1.54) is 0 Å². The molecule has 1 heterocycles. The van der Waals surface area contributed by atoms with Crippen LogP contribution in [0.5, 0.6) is 0 Å². The molecule has 0 aliphatic carbocycles. The molecule has 0 atom stereocenters. The molecular weight excluding hydrogens is 250 g/mol. The lowest BCUT2D eigenvalue weighted by molar-refractivity contribution is -0.120. The fourth-order valence-corrected chi connectivity index (χ4v) is 2.23. The highest BCUT2D eigenvalue weighted by molar-refractivity contribution is 6.33. The highest BCUT2D eigenvalue weighted by atomic mass is 35.5. The summed E-state index contributed by atoms with van der Waals surface area (Å²) < 4.78 is 0. The Hall–Kier alpha value is -1.57. The van der Waals surface area contributed by atoms with Crippen LogP contribution in [0.1, 0.15) is 18.4 Å². The molecule has 2 N–H and O–H groups in total. The lowest BCUT2D eigenvalue weighted by atomic mass is 9.97. The van der Waals surface area contributed by atoms with Gasteiger partial charge in [0.1, 0.15) is 0 Å². The van der Waals surface area contributed by atoms with Crippen molar-refractivity contribution >= 4 is 23.2 Å². The molecule has 0 bridgehead atoms. The summed E-state index contributed by atoms with van der Waals surface area (Å²) in [5.74, 6) is 0.0427. The number of benzene rings is 1. The Bertz CT molecular complexity index is 489. The first-order valence-electron chi connectivity index (χ1n) is 5.92. The van der Waals surface area contributed by atoms with Crippen LogP contribution in [0.2, 0.25) is 5.02 Å². The molecule has 1 aromatic carbocycles. The topological polar surface area (TPSA) is 64.9 Å². The predicted molar refractivity (Wildman–Crippen MR) is 70.4 cm³/mol. The van der Waals surface area contributed by atoms with Crippen molar-refractivity contribution < 1.29 is 4.79 Å². The van der Waals surface area contributed by atoms with Crippen LogP contribution in [0.4, 0.5) is 5.69 Å². The van der Waals surface area contributed by atoms with E-state index in [-0.39, 0.29) is 11.8 Å². The van der Waals surface area contributed by atoms with Gasteiger partial charge in [-0.2, -0.15) is 5.26 Å². The second-order valence-electron chi connectivity index (χ2n) is 4.32. The number of anilines is 1. The first-order chi connectivity index (χ1) is 8.70. The van der Waals surface area contributed by atoms with Crippen LogP contribution in [-0.2, 0) is 4.79 Å². The molecule has 1 fully saturated rings. The van der Waals surface area contributed by atoms with E-state index in [1.807, 2.05) is 6.07 Å². The largest absolute Gasteiger partial charge is 0.325 e. The van der Waals surface area contributed by atoms with Crippen molar-refractivity contribution in [3.63, 3.8) is 0 Å². The van der Waals surface area contributed by atoms with Crippen LogP contribution in [0.15, 0.2) is 18.2 Å². The number of nitrogens with one attached hydrogen (secondary N) is 2. The quantitative estimate of drug-likeness (QED) is 0.859. The number of nitriles is 1. The van der Waals surface area contributed by atoms with Gasteiger partial charge in [-0.1, -0.05) is 11.6 Å². The normalized spacial score (nSPS) is 16.0. The third-order valence-electron chi connectivity index (χ3n) is 3.07. The van der Waals surface area contributed by atoms with Gasteiger partial charge in [0.15, 0.2) is 0 Å². The lowest BCUT2D eigenvalue weighted by Gasteiger charge is -2.22. The number of carbonyl (C=O) groups is 1. The van der Waals surface area contributed by atoms with E-state index >= 15 is 0 Å². The highest BCUT2D eigenvalue weighted by Crippen LogP contribution is 2.24. The second-order valence-corrected chi connectivity index (χ2v) is 4.73. The zero-order valence-electron chi connectivity index (χ0n) is 9.87. The number of nitrogens with zero attached hydrogens (tertiary/aromatic N) is 1. The molecule has 94 valence electrons. The standard InChI is InChI=1S/C13H14ClN3O/c14-11-7-9(8-15)1-2-12(11)17-13(18)10-3-5-16-6-4-10/h1-2,7,10,16H,3-6H2,(H,17,18). The Morgan fingerprint density at radius 3 is 2.78 bits per heavy atom. The van der Waals surface area contributed by atoms with Gasteiger partial charge in [-0.3, -0.25) is 4.79 Å². The molecule has 0 aromatic heterocycles. The maximum atomic E-state index is 12.0. The zero-order valence-corrected chi connectivity index (χ0v) is 10.6. The van der Waals surface area contributed by atoms with Crippen molar-refractivity contribution in [2.75, 3.05) is 18.4 Å². The van der Waals surface area contributed by atoms with E-state index < -0.39 is 0 Å². The molecule has 5 heteroatoms. The Balaban J connectivity index is 2.04. The van der Waals surface area contributed by atoms with Crippen LogP contribution < -0.4 is 10.6 Å². The SMILES string of the molecule is N#Cc1ccc(NC(=O)C2CCNCC2)c(Cl)c1. The molecular formula is C13H14ClN3O. The number of piperidine rings is 1. The molecule has 0 unspecified atom stereocenters. The van der Waals surface area contributed by atoms with E-state index in [2.05, 4.69) is 10.6 Å². The molecule has 2 rings (SSSR count). The molecule has 1 aliphatic rings. The van der Waals surface area contributed by atoms with Gasteiger partial charge in [0, 0.05) is 5.92 Å². The van der Waals surface area contributed by atoms with Crippen LogP contribution in [0.3, 0.4) is 0 Å². The summed E-state index contributed by atoms with van der Waals surface area (Å²) >= 11 is 6.01. The third kappa shape index (κ3) is 3.00. The zero-order chi connectivity index (χ0) is 13.0. The van der Waals surface area contributed by atoms with Crippen LogP contribution in [0, 0.1) is 17.2 Å². The highest BCUT2D eigenvalue weighted by Gasteiger charge is 2.21. The average Bonchev–Trinajstić information content (AvgIpc) is 2.42. The Kier molecular flexibility index (Phi) is 4.19. The summed E-state index contributed by atoms with van der Waals surface area (Å²) in [6.45, 7) is 1.75. The molecule has 18 heavy (non-hydrogen) atoms. The van der Waals surface area contributed by atoms with Gasteiger partial charge in [0.05, 0.1) is 22.3 Å². The summed E-state index contributed by atoms with van der Waals surface area (Å²) in [4.78, 5) is 12.0. The molecule has 1 aromatic rings. The molecule has 0 saturated carbocycles. The predicted octanol–water partition coefficient (Wildman–Crippen LogP) is 2.15. The van der Waals surface area contributed by atoms with Crippen LogP contribution >= 0.6 is 11.6 Å². The summed E-state index contributed by atoms with van der Waals surface area (Å²) in [6, 6.07) is 6.87. The first-order valence-corrected chi connectivity index (χ1v) is 6.29. The van der Waals surface area contributed by atoms with E-state index in [4.69, 9.17) is 16.9 Å². The summed E-state index contributed by atoms with van der Waals surface area (Å²) in [5.41, 5.74) is 1.05. The van der Waals surface area contributed by atoms with E-state index in [9.17, 15) is 4.79 Å². The van der Waals surface area contributed by atoms with Gasteiger partial charge >= 0.3 is 0 Å². The lowest BCUT2D eigenvalue weighted by Crippen LogP contribution is -2.34. The van der Waals surface area contributed by atoms with Crippen molar-refractivity contribution in [1.82, 2.24) is 5.32 Å². The Labute approximate surface area is 111 Å². The van der Waals surface area contributed by atoms with Gasteiger partial charge < -0.3 is 10.6 Å². The number of halogens is 1. The summed E-state index contributed by atoms with van der Waals surface area (Å²) in [7, 11) is 0. The van der Waals surface area contributed by atoms with Crippen molar-refractivity contribution in [3.05, 3.63) is 28.8 Å². The number of rotatable bonds is 2. The Morgan fingerprint density at radius 2 is 2.17 bits per heavy atom. The van der Waals surface area contributed by atoms with Gasteiger partial charge in [-0.25, -0.2) is 0 Å². The fraction of sp³-hybridized carbons (Fsp3) is 0.385. The maximum absolute atomic E-state index is 12.0. The molecule has 1 saturated heterocycles. The van der Waals surface area contributed by atoms with Crippen LogP contribution in [0.25, 0.3) is 0 Å². The van der Waals surface area contributed by atoms with Crippen molar-refractivity contribution in [2.24, 2.45) is 5.92 Å². The molecule has 1 amide bonds. The molecule has 0 spiro atoms.